The van der Waals surface area contributed by atoms with Crippen LogP contribution in [-0.4, -0.2) is 61.8 Å². The number of unbranched alkanes of at least 4 members (excludes halogenated alkanes) is 4. The van der Waals surface area contributed by atoms with E-state index >= 15 is 0 Å². The first-order chi connectivity index (χ1) is 10.8. The molecule has 0 aromatic rings. The first-order valence-corrected chi connectivity index (χ1v) is 11.2. The highest BCUT2D eigenvalue weighted by Crippen LogP contribution is 2.17. The minimum Gasteiger partial charge on any atom is -0.377 e. The van der Waals surface area contributed by atoms with Crippen LogP contribution in [0.1, 0.15) is 58.8 Å². The molecule has 0 amide bonds. The molecule has 0 radical (unpaired) electrons. The predicted molar refractivity (Wildman–Crippen MR) is 101 cm³/mol. The van der Waals surface area contributed by atoms with E-state index in [4.69, 9.17) is 13.3 Å². The van der Waals surface area contributed by atoms with Crippen molar-refractivity contribution in [3.63, 3.8) is 0 Å². The first-order valence-electron chi connectivity index (χ1n) is 9.28. The summed E-state index contributed by atoms with van der Waals surface area (Å²) in [5.74, 6) is 0.854. The summed E-state index contributed by atoms with van der Waals surface area (Å²) >= 11 is 0. The monoisotopic (exact) mass is 348 g/mol. The van der Waals surface area contributed by atoms with Crippen molar-refractivity contribution in [1.29, 1.82) is 0 Å². The van der Waals surface area contributed by atoms with Gasteiger partial charge in [-0.1, -0.05) is 39.5 Å². The molecule has 0 aromatic carbocycles. The van der Waals surface area contributed by atoms with Crippen LogP contribution in [0.25, 0.3) is 0 Å². The summed E-state index contributed by atoms with van der Waals surface area (Å²) in [5, 5.41) is 0. The van der Waals surface area contributed by atoms with E-state index in [9.17, 15) is 0 Å². The second kappa shape index (κ2) is 12.4. The van der Waals surface area contributed by atoms with Crippen molar-refractivity contribution in [2.24, 2.45) is 5.92 Å². The van der Waals surface area contributed by atoms with Crippen molar-refractivity contribution >= 4 is 8.80 Å². The molecular formula is C18H42NO3Si+. The fourth-order valence-electron chi connectivity index (χ4n) is 3.01. The van der Waals surface area contributed by atoms with Crippen molar-refractivity contribution in [2.45, 2.75) is 64.8 Å². The SMILES string of the molecule is CO[Si](CCC[N+](C)(C)CCCCCCCC(C)C)(OC)OC. The topological polar surface area (TPSA) is 27.7 Å². The number of hydrogen-bond donors (Lipinski definition) is 0. The lowest BCUT2D eigenvalue weighted by Gasteiger charge is -2.31. The number of quaternary nitrogens is 1. The normalized spacial score (nSPS) is 13.0. The Balaban J connectivity index is 3.80. The van der Waals surface area contributed by atoms with Crippen LogP contribution in [0.3, 0.4) is 0 Å². The Labute approximate surface area is 146 Å². The van der Waals surface area contributed by atoms with Crippen molar-refractivity contribution in [2.75, 3.05) is 48.5 Å². The van der Waals surface area contributed by atoms with Gasteiger partial charge in [-0.05, 0) is 18.8 Å². The molecule has 0 aromatic heterocycles. The van der Waals surface area contributed by atoms with Crippen LogP contribution < -0.4 is 0 Å². The Bertz CT molecular complexity index is 273. The molecular weight excluding hydrogens is 306 g/mol. The minimum atomic E-state index is -2.39. The van der Waals surface area contributed by atoms with Gasteiger partial charge in [0.1, 0.15) is 0 Å². The van der Waals surface area contributed by atoms with Crippen molar-refractivity contribution in [3.8, 4) is 0 Å². The van der Waals surface area contributed by atoms with Crippen LogP contribution >= 0.6 is 0 Å². The molecule has 0 N–H and O–H groups in total. The first kappa shape index (κ1) is 23.1. The molecule has 0 fully saturated rings. The highest BCUT2D eigenvalue weighted by molar-refractivity contribution is 6.60. The molecule has 23 heavy (non-hydrogen) atoms. The highest BCUT2D eigenvalue weighted by Gasteiger charge is 2.37. The molecule has 0 aliphatic rings. The Morgan fingerprint density at radius 2 is 1.22 bits per heavy atom. The van der Waals surface area contributed by atoms with Crippen LogP contribution in [0.4, 0.5) is 0 Å². The average Bonchev–Trinajstić information content (AvgIpc) is 2.50. The summed E-state index contributed by atoms with van der Waals surface area (Å²) in [5.41, 5.74) is 0. The summed E-state index contributed by atoms with van der Waals surface area (Å²) in [6.07, 6.45) is 9.35. The molecule has 4 nitrogen and oxygen atoms in total. The molecule has 0 bridgehead atoms. The number of hydrogen-bond acceptors (Lipinski definition) is 3. The lowest BCUT2D eigenvalue weighted by molar-refractivity contribution is -0.890. The smallest absolute Gasteiger partial charge is 0.377 e. The zero-order chi connectivity index (χ0) is 17.8. The summed E-state index contributed by atoms with van der Waals surface area (Å²) in [7, 11) is 7.34. The maximum atomic E-state index is 5.49. The molecule has 0 unspecified atom stereocenters. The standard InChI is InChI=1S/C18H42NO3Si/c1-18(2)14-11-9-8-10-12-15-19(3,4)16-13-17-23(20-5,21-6)22-7/h18H,8-17H2,1-7H3/q+1. The van der Waals surface area contributed by atoms with E-state index in [1.54, 1.807) is 21.3 Å². The zero-order valence-corrected chi connectivity index (χ0v) is 17.8. The summed E-state index contributed by atoms with van der Waals surface area (Å²) in [4.78, 5) is 0. The molecule has 0 saturated carbocycles. The van der Waals surface area contributed by atoms with Gasteiger partial charge in [-0.15, -0.1) is 0 Å². The van der Waals surface area contributed by atoms with E-state index < -0.39 is 8.80 Å². The predicted octanol–water partition coefficient (Wildman–Crippen LogP) is 4.33. The second-order valence-electron chi connectivity index (χ2n) is 7.73. The average molecular weight is 349 g/mol. The van der Waals surface area contributed by atoms with Gasteiger partial charge in [0.25, 0.3) is 0 Å². The largest absolute Gasteiger partial charge is 0.500 e. The van der Waals surface area contributed by atoms with Gasteiger partial charge in [0, 0.05) is 33.8 Å². The fraction of sp³-hybridized carbons (Fsp3) is 1.00. The Morgan fingerprint density at radius 3 is 1.74 bits per heavy atom. The Hall–Kier alpha value is 0.0569. The second-order valence-corrected chi connectivity index (χ2v) is 10.8. The molecule has 0 heterocycles. The van der Waals surface area contributed by atoms with Gasteiger partial charge in [0.05, 0.1) is 27.2 Å². The third kappa shape index (κ3) is 11.3. The maximum Gasteiger partial charge on any atom is 0.500 e. The van der Waals surface area contributed by atoms with Crippen LogP contribution in [-0.2, 0) is 13.3 Å². The van der Waals surface area contributed by atoms with Gasteiger partial charge in [0.2, 0.25) is 0 Å². The van der Waals surface area contributed by atoms with Crippen molar-refractivity contribution < 1.29 is 17.8 Å². The van der Waals surface area contributed by atoms with Gasteiger partial charge < -0.3 is 17.8 Å². The summed E-state index contributed by atoms with van der Waals surface area (Å²) < 4.78 is 17.6. The molecule has 0 atom stereocenters. The molecule has 0 spiro atoms. The molecule has 5 heteroatoms. The number of rotatable bonds is 15. The maximum absolute atomic E-state index is 5.49. The lowest BCUT2D eigenvalue weighted by Crippen LogP contribution is -2.45. The van der Waals surface area contributed by atoms with E-state index in [0.29, 0.717) is 0 Å². The van der Waals surface area contributed by atoms with Crippen molar-refractivity contribution in [1.82, 2.24) is 0 Å². The van der Waals surface area contributed by atoms with E-state index in [1.807, 2.05) is 0 Å². The molecule has 0 rings (SSSR count). The van der Waals surface area contributed by atoms with Crippen LogP contribution in [0, 0.1) is 5.92 Å². The van der Waals surface area contributed by atoms with Gasteiger partial charge in [-0.3, -0.25) is 0 Å². The minimum absolute atomic E-state index is 0.854. The zero-order valence-electron chi connectivity index (χ0n) is 16.8. The molecule has 0 aliphatic heterocycles. The van der Waals surface area contributed by atoms with E-state index in [-0.39, 0.29) is 0 Å². The quantitative estimate of drug-likeness (QED) is 0.250. The van der Waals surface area contributed by atoms with Crippen LogP contribution in [0.2, 0.25) is 6.04 Å². The summed E-state index contributed by atoms with van der Waals surface area (Å²) in [6, 6.07) is 0.896. The third-order valence-electron chi connectivity index (χ3n) is 4.72. The Morgan fingerprint density at radius 1 is 0.739 bits per heavy atom. The van der Waals surface area contributed by atoms with E-state index in [2.05, 4.69) is 27.9 Å². The van der Waals surface area contributed by atoms with Crippen LogP contribution in [0.15, 0.2) is 0 Å². The Kier molecular flexibility index (Phi) is 12.5. The van der Waals surface area contributed by atoms with Gasteiger partial charge in [0.15, 0.2) is 0 Å². The van der Waals surface area contributed by atoms with E-state index in [1.165, 1.54) is 45.1 Å². The van der Waals surface area contributed by atoms with E-state index in [0.717, 1.165) is 29.4 Å². The highest BCUT2D eigenvalue weighted by atomic mass is 28.4. The van der Waals surface area contributed by atoms with Gasteiger partial charge >= 0.3 is 8.80 Å². The van der Waals surface area contributed by atoms with Crippen molar-refractivity contribution in [3.05, 3.63) is 0 Å². The molecule has 0 saturated heterocycles. The fourth-order valence-corrected chi connectivity index (χ4v) is 4.72. The summed E-state index contributed by atoms with van der Waals surface area (Å²) in [6.45, 7) is 7.03. The third-order valence-corrected chi connectivity index (χ3v) is 7.56. The lowest BCUT2D eigenvalue weighted by atomic mass is 10.0. The van der Waals surface area contributed by atoms with Gasteiger partial charge in [-0.25, -0.2) is 0 Å². The number of nitrogens with zero attached hydrogens (tertiary/aromatic N) is 1. The molecule has 140 valence electrons. The molecule has 0 aliphatic carbocycles. The van der Waals surface area contributed by atoms with Crippen LogP contribution in [0.5, 0.6) is 0 Å². The van der Waals surface area contributed by atoms with Gasteiger partial charge in [-0.2, -0.15) is 0 Å².